The van der Waals surface area contributed by atoms with E-state index >= 15 is 0 Å². The van der Waals surface area contributed by atoms with E-state index in [1.54, 1.807) is 13.8 Å². The lowest BCUT2D eigenvalue weighted by Gasteiger charge is -2.16. The van der Waals surface area contributed by atoms with Crippen LogP contribution in [0.1, 0.15) is 23.0 Å². The molecule has 29 heavy (non-hydrogen) atoms. The number of thioether (sulfide) groups is 1. The number of rotatable bonds is 7. The SMILES string of the molecule is CCOC(=O)C=C1SCC(=O)N1CCOC(=O)c1c(-c2ccccc2)noc1C. The van der Waals surface area contributed by atoms with Crippen molar-refractivity contribution < 1.29 is 28.4 Å². The standard InChI is InChI=1S/C20H20N2O6S/c1-3-26-17(24)11-16-22(15(23)12-29-16)9-10-27-20(25)18-13(2)28-21-19(18)14-7-5-4-6-8-14/h4-8,11H,3,9-10,12H2,1-2H3. The summed E-state index contributed by atoms with van der Waals surface area (Å²) in [6.45, 7) is 3.69. The highest BCUT2D eigenvalue weighted by atomic mass is 32.2. The monoisotopic (exact) mass is 416 g/mol. The lowest BCUT2D eigenvalue weighted by Crippen LogP contribution is -2.29. The maximum atomic E-state index is 12.6. The summed E-state index contributed by atoms with van der Waals surface area (Å²) < 4.78 is 15.4. The first-order chi connectivity index (χ1) is 14.0. The molecule has 1 aliphatic heterocycles. The van der Waals surface area contributed by atoms with Crippen LogP contribution in [0.15, 0.2) is 46.0 Å². The molecule has 1 aromatic heterocycles. The fourth-order valence-corrected chi connectivity index (χ4v) is 3.72. The number of aryl methyl sites for hydroxylation is 1. The summed E-state index contributed by atoms with van der Waals surface area (Å²) in [5, 5.41) is 4.44. The number of hydrogen-bond donors (Lipinski definition) is 0. The second-order valence-corrected chi connectivity index (χ2v) is 7.03. The van der Waals surface area contributed by atoms with Crippen molar-refractivity contribution >= 4 is 29.6 Å². The third-order valence-electron chi connectivity index (χ3n) is 4.10. The lowest BCUT2D eigenvalue weighted by atomic mass is 10.1. The second-order valence-electron chi connectivity index (χ2n) is 6.03. The van der Waals surface area contributed by atoms with Gasteiger partial charge in [0.2, 0.25) is 5.91 Å². The summed E-state index contributed by atoms with van der Waals surface area (Å²) >= 11 is 1.24. The third kappa shape index (κ3) is 4.86. The molecule has 3 rings (SSSR count). The molecule has 2 heterocycles. The van der Waals surface area contributed by atoms with Crippen molar-refractivity contribution in [1.82, 2.24) is 10.1 Å². The Morgan fingerprint density at radius 3 is 2.76 bits per heavy atom. The van der Waals surface area contributed by atoms with Gasteiger partial charge in [-0.25, -0.2) is 9.59 Å². The van der Waals surface area contributed by atoms with Gasteiger partial charge in [0.15, 0.2) is 0 Å². The van der Waals surface area contributed by atoms with E-state index in [4.69, 9.17) is 14.0 Å². The molecule has 1 aliphatic rings. The van der Waals surface area contributed by atoms with Gasteiger partial charge in [0.25, 0.3) is 0 Å². The average molecular weight is 416 g/mol. The van der Waals surface area contributed by atoms with Crippen LogP contribution in [0.25, 0.3) is 11.3 Å². The maximum Gasteiger partial charge on any atom is 0.344 e. The topological polar surface area (TPSA) is 98.9 Å². The van der Waals surface area contributed by atoms with Crippen LogP contribution in [-0.2, 0) is 19.1 Å². The molecular weight excluding hydrogens is 396 g/mol. The molecule has 152 valence electrons. The number of ether oxygens (including phenoxy) is 2. The van der Waals surface area contributed by atoms with Crippen LogP contribution in [-0.4, -0.2) is 53.4 Å². The number of benzene rings is 1. The van der Waals surface area contributed by atoms with Gasteiger partial charge in [-0.15, -0.1) is 0 Å². The second kappa shape index (κ2) is 9.42. The number of carbonyl (C=O) groups excluding carboxylic acids is 3. The Morgan fingerprint density at radius 1 is 1.28 bits per heavy atom. The quantitative estimate of drug-likeness (QED) is 0.502. The first kappa shape index (κ1) is 20.7. The summed E-state index contributed by atoms with van der Waals surface area (Å²) in [6, 6.07) is 9.17. The number of esters is 2. The smallest absolute Gasteiger partial charge is 0.344 e. The van der Waals surface area contributed by atoms with E-state index in [0.29, 0.717) is 16.5 Å². The van der Waals surface area contributed by atoms with E-state index in [1.807, 2.05) is 30.3 Å². The van der Waals surface area contributed by atoms with Gasteiger partial charge in [-0.2, -0.15) is 0 Å². The summed E-state index contributed by atoms with van der Waals surface area (Å²) in [6.07, 6.45) is 1.28. The fraction of sp³-hybridized carbons (Fsp3) is 0.300. The average Bonchev–Trinajstić information content (AvgIpc) is 3.26. The Hall–Kier alpha value is -3.07. The minimum Gasteiger partial charge on any atom is -0.463 e. The van der Waals surface area contributed by atoms with Crippen LogP contribution in [0.5, 0.6) is 0 Å². The number of nitrogens with zero attached hydrogens (tertiary/aromatic N) is 2. The lowest BCUT2D eigenvalue weighted by molar-refractivity contribution is -0.137. The van der Waals surface area contributed by atoms with Crippen molar-refractivity contribution in [2.45, 2.75) is 13.8 Å². The van der Waals surface area contributed by atoms with Gasteiger partial charge in [-0.05, 0) is 13.8 Å². The van der Waals surface area contributed by atoms with E-state index in [-0.39, 0.29) is 37.0 Å². The highest BCUT2D eigenvalue weighted by Gasteiger charge is 2.28. The van der Waals surface area contributed by atoms with Gasteiger partial charge >= 0.3 is 11.9 Å². The van der Waals surface area contributed by atoms with E-state index < -0.39 is 11.9 Å². The van der Waals surface area contributed by atoms with E-state index in [2.05, 4.69) is 5.16 Å². The minimum absolute atomic E-state index is 0.0376. The van der Waals surface area contributed by atoms with Crippen molar-refractivity contribution in [1.29, 1.82) is 0 Å². The van der Waals surface area contributed by atoms with Crippen molar-refractivity contribution in [3.05, 3.63) is 52.8 Å². The van der Waals surface area contributed by atoms with Crippen LogP contribution < -0.4 is 0 Å². The molecular formula is C20H20N2O6S. The van der Waals surface area contributed by atoms with Crippen LogP contribution in [0, 0.1) is 6.92 Å². The molecule has 0 N–H and O–H groups in total. The molecule has 0 saturated carbocycles. The summed E-state index contributed by atoms with van der Waals surface area (Å²) in [5.74, 6) is -0.684. The molecule has 0 radical (unpaired) electrons. The molecule has 0 atom stereocenters. The van der Waals surface area contributed by atoms with Gasteiger partial charge in [-0.3, -0.25) is 4.79 Å². The summed E-state index contributed by atoms with van der Waals surface area (Å²) in [5.41, 5.74) is 1.39. The number of hydrogen-bond acceptors (Lipinski definition) is 8. The van der Waals surface area contributed by atoms with E-state index in [1.165, 1.54) is 22.7 Å². The van der Waals surface area contributed by atoms with E-state index in [0.717, 1.165) is 5.56 Å². The fourth-order valence-electron chi connectivity index (χ4n) is 2.76. The first-order valence-electron chi connectivity index (χ1n) is 9.01. The molecule has 0 spiro atoms. The van der Waals surface area contributed by atoms with Crippen molar-refractivity contribution in [2.75, 3.05) is 25.5 Å². The van der Waals surface area contributed by atoms with Crippen molar-refractivity contribution in [3.63, 3.8) is 0 Å². The maximum absolute atomic E-state index is 12.6. The predicted molar refractivity (Wildman–Crippen MR) is 106 cm³/mol. The zero-order valence-electron chi connectivity index (χ0n) is 16.0. The highest BCUT2D eigenvalue weighted by molar-refractivity contribution is 8.04. The number of aromatic nitrogens is 1. The first-order valence-corrected chi connectivity index (χ1v) is 10.00. The van der Waals surface area contributed by atoms with Crippen LogP contribution in [0.3, 0.4) is 0 Å². The predicted octanol–water partition coefficient (Wildman–Crippen LogP) is 2.79. The molecule has 1 fully saturated rings. The molecule has 9 heteroatoms. The molecule has 0 aliphatic carbocycles. The van der Waals surface area contributed by atoms with Gasteiger partial charge in [0.1, 0.15) is 23.6 Å². The zero-order valence-corrected chi connectivity index (χ0v) is 16.9. The summed E-state index contributed by atoms with van der Waals surface area (Å²) in [7, 11) is 0. The van der Waals surface area contributed by atoms with Crippen LogP contribution in [0.2, 0.25) is 0 Å². The van der Waals surface area contributed by atoms with E-state index in [9.17, 15) is 14.4 Å². The largest absolute Gasteiger partial charge is 0.463 e. The molecule has 8 nitrogen and oxygen atoms in total. The minimum atomic E-state index is -0.585. The summed E-state index contributed by atoms with van der Waals surface area (Å²) in [4.78, 5) is 37.7. The Morgan fingerprint density at radius 2 is 2.03 bits per heavy atom. The van der Waals surface area contributed by atoms with Crippen LogP contribution in [0.4, 0.5) is 0 Å². The van der Waals surface area contributed by atoms with Gasteiger partial charge in [-0.1, -0.05) is 47.3 Å². The Balaban J connectivity index is 1.65. The Labute approximate surface area is 171 Å². The van der Waals surface area contributed by atoms with Gasteiger partial charge in [0.05, 0.1) is 30.0 Å². The Bertz CT molecular complexity index is 938. The Kier molecular flexibility index (Phi) is 6.71. The number of carbonyl (C=O) groups is 3. The van der Waals surface area contributed by atoms with Crippen LogP contribution >= 0.6 is 11.8 Å². The van der Waals surface area contributed by atoms with Crippen molar-refractivity contribution in [2.24, 2.45) is 0 Å². The van der Waals surface area contributed by atoms with Gasteiger partial charge < -0.3 is 18.9 Å². The third-order valence-corrected chi connectivity index (χ3v) is 5.13. The molecule has 0 bridgehead atoms. The molecule has 2 aromatic rings. The van der Waals surface area contributed by atoms with Gasteiger partial charge in [0, 0.05) is 5.56 Å². The van der Waals surface area contributed by atoms with Crippen molar-refractivity contribution in [3.8, 4) is 11.3 Å². The molecule has 0 unspecified atom stereocenters. The zero-order chi connectivity index (χ0) is 20.8. The normalized spacial score (nSPS) is 15.0. The highest BCUT2D eigenvalue weighted by Crippen LogP contribution is 2.29. The molecule has 1 amide bonds. The molecule has 1 aromatic carbocycles. The molecule has 1 saturated heterocycles. The number of amides is 1.